The van der Waals surface area contributed by atoms with Crippen molar-refractivity contribution < 1.29 is 0 Å². The Bertz CT molecular complexity index is 565. The molecule has 1 aliphatic rings. The van der Waals surface area contributed by atoms with E-state index in [9.17, 15) is 0 Å². The quantitative estimate of drug-likeness (QED) is 0.928. The molecule has 0 saturated carbocycles. The zero-order valence-electron chi connectivity index (χ0n) is 12.4. The average Bonchev–Trinajstić information content (AvgIpc) is 2.75. The molecule has 2 heterocycles. The minimum Gasteiger partial charge on any atom is -0.317 e. The van der Waals surface area contributed by atoms with E-state index in [1.54, 1.807) is 0 Å². The molecule has 0 amide bonds. The number of aromatic nitrogens is 2. The average molecular weight is 269 g/mol. The maximum atomic E-state index is 4.78. The molecular formula is C17H23N3. The highest BCUT2D eigenvalue weighted by atomic mass is 15.3. The standard InChI is InChI=1S/C17H23N3/c1-13-17(16-8-10-18-11-9-16)14(2)20(19-13)12-15-6-4-3-5-7-15/h3-7,16,18H,8-12H2,1-2H3. The van der Waals surface area contributed by atoms with Gasteiger partial charge in [0.1, 0.15) is 0 Å². The molecular weight excluding hydrogens is 246 g/mol. The van der Waals surface area contributed by atoms with Crippen LogP contribution in [-0.4, -0.2) is 22.9 Å². The number of aryl methyl sites for hydroxylation is 1. The summed E-state index contributed by atoms with van der Waals surface area (Å²) in [5.41, 5.74) is 5.36. The van der Waals surface area contributed by atoms with Gasteiger partial charge in [0.25, 0.3) is 0 Å². The third-order valence-electron chi connectivity index (χ3n) is 4.36. The molecule has 0 bridgehead atoms. The molecule has 0 unspecified atom stereocenters. The fourth-order valence-electron chi connectivity index (χ4n) is 3.32. The van der Waals surface area contributed by atoms with Crippen molar-refractivity contribution in [3.8, 4) is 0 Å². The molecule has 1 aliphatic heterocycles. The molecule has 1 N–H and O–H groups in total. The van der Waals surface area contributed by atoms with E-state index in [4.69, 9.17) is 5.10 Å². The van der Waals surface area contributed by atoms with Gasteiger partial charge in [-0.25, -0.2) is 0 Å². The summed E-state index contributed by atoms with van der Waals surface area (Å²) in [4.78, 5) is 0. The van der Waals surface area contributed by atoms with Gasteiger partial charge >= 0.3 is 0 Å². The van der Waals surface area contributed by atoms with E-state index in [2.05, 4.69) is 54.2 Å². The summed E-state index contributed by atoms with van der Waals surface area (Å²) in [5.74, 6) is 0.681. The van der Waals surface area contributed by atoms with Crippen molar-refractivity contribution in [3.05, 3.63) is 52.8 Å². The summed E-state index contributed by atoms with van der Waals surface area (Å²) >= 11 is 0. The van der Waals surface area contributed by atoms with E-state index < -0.39 is 0 Å². The Hall–Kier alpha value is -1.61. The molecule has 1 aromatic carbocycles. The van der Waals surface area contributed by atoms with Gasteiger partial charge in [-0.15, -0.1) is 0 Å². The smallest absolute Gasteiger partial charge is 0.0662 e. The summed E-state index contributed by atoms with van der Waals surface area (Å²) in [6, 6.07) is 10.6. The summed E-state index contributed by atoms with van der Waals surface area (Å²) in [7, 11) is 0. The van der Waals surface area contributed by atoms with Crippen molar-refractivity contribution in [1.82, 2.24) is 15.1 Å². The SMILES string of the molecule is Cc1nn(Cc2ccccc2)c(C)c1C1CCNCC1. The maximum absolute atomic E-state index is 4.78. The lowest BCUT2D eigenvalue weighted by Crippen LogP contribution is -2.27. The summed E-state index contributed by atoms with van der Waals surface area (Å²) in [5, 5.41) is 8.22. The lowest BCUT2D eigenvalue weighted by atomic mass is 9.89. The van der Waals surface area contributed by atoms with E-state index in [0.29, 0.717) is 5.92 Å². The molecule has 3 rings (SSSR count). The van der Waals surface area contributed by atoms with Gasteiger partial charge in [-0.3, -0.25) is 4.68 Å². The molecule has 0 spiro atoms. The molecule has 20 heavy (non-hydrogen) atoms. The highest BCUT2D eigenvalue weighted by Gasteiger charge is 2.22. The zero-order chi connectivity index (χ0) is 13.9. The molecule has 1 fully saturated rings. The first-order chi connectivity index (χ1) is 9.75. The fraction of sp³-hybridized carbons (Fsp3) is 0.471. The Morgan fingerprint density at radius 3 is 2.55 bits per heavy atom. The molecule has 1 saturated heterocycles. The van der Waals surface area contributed by atoms with Crippen LogP contribution in [0.3, 0.4) is 0 Å². The third kappa shape index (κ3) is 2.63. The predicted molar refractivity (Wildman–Crippen MR) is 82.1 cm³/mol. The third-order valence-corrected chi connectivity index (χ3v) is 4.36. The first kappa shape index (κ1) is 13.4. The number of rotatable bonds is 3. The second kappa shape index (κ2) is 5.80. The topological polar surface area (TPSA) is 29.9 Å². The first-order valence-electron chi connectivity index (χ1n) is 7.54. The Labute approximate surface area is 121 Å². The van der Waals surface area contributed by atoms with Gasteiger partial charge in [0.05, 0.1) is 12.2 Å². The number of benzene rings is 1. The van der Waals surface area contributed by atoms with Crippen LogP contribution < -0.4 is 5.32 Å². The molecule has 0 radical (unpaired) electrons. The van der Waals surface area contributed by atoms with Crippen LogP contribution in [0.25, 0.3) is 0 Å². The molecule has 0 atom stereocenters. The largest absolute Gasteiger partial charge is 0.317 e. The van der Waals surface area contributed by atoms with Gasteiger partial charge in [-0.1, -0.05) is 30.3 Å². The number of hydrogen-bond donors (Lipinski definition) is 1. The van der Waals surface area contributed by atoms with Crippen molar-refractivity contribution in [2.45, 2.75) is 39.2 Å². The lowest BCUT2D eigenvalue weighted by Gasteiger charge is -2.23. The van der Waals surface area contributed by atoms with Crippen LogP contribution in [0, 0.1) is 13.8 Å². The molecule has 0 aliphatic carbocycles. The molecule has 2 aromatic rings. The Morgan fingerprint density at radius 1 is 1.15 bits per heavy atom. The normalized spacial score (nSPS) is 16.5. The predicted octanol–water partition coefficient (Wildman–Crippen LogP) is 3.02. The summed E-state index contributed by atoms with van der Waals surface area (Å²) < 4.78 is 2.17. The van der Waals surface area contributed by atoms with Crippen molar-refractivity contribution in [1.29, 1.82) is 0 Å². The van der Waals surface area contributed by atoms with E-state index >= 15 is 0 Å². The minimum atomic E-state index is 0.681. The van der Waals surface area contributed by atoms with Crippen molar-refractivity contribution in [3.63, 3.8) is 0 Å². The van der Waals surface area contributed by atoms with Gasteiger partial charge in [0.15, 0.2) is 0 Å². The van der Waals surface area contributed by atoms with Crippen molar-refractivity contribution in [2.24, 2.45) is 0 Å². The number of hydrogen-bond acceptors (Lipinski definition) is 2. The van der Waals surface area contributed by atoms with Crippen LogP contribution >= 0.6 is 0 Å². The lowest BCUT2D eigenvalue weighted by molar-refractivity contribution is 0.457. The number of nitrogens with zero attached hydrogens (tertiary/aromatic N) is 2. The molecule has 106 valence electrons. The Kier molecular flexibility index (Phi) is 3.88. The van der Waals surface area contributed by atoms with Gasteiger partial charge in [0.2, 0.25) is 0 Å². The van der Waals surface area contributed by atoms with Crippen LogP contribution in [0.15, 0.2) is 30.3 Å². The van der Waals surface area contributed by atoms with Crippen LogP contribution in [0.4, 0.5) is 0 Å². The highest BCUT2D eigenvalue weighted by molar-refractivity contribution is 5.30. The van der Waals surface area contributed by atoms with Crippen LogP contribution in [-0.2, 0) is 6.54 Å². The van der Waals surface area contributed by atoms with E-state index in [0.717, 1.165) is 19.6 Å². The molecule has 1 aromatic heterocycles. The number of nitrogens with one attached hydrogen (secondary N) is 1. The second-order valence-corrected chi connectivity index (χ2v) is 5.75. The monoisotopic (exact) mass is 269 g/mol. The Morgan fingerprint density at radius 2 is 1.85 bits per heavy atom. The van der Waals surface area contributed by atoms with E-state index in [1.807, 2.05) is 0 Å². The minimum absolute atomic E-state index is 0.681. The van der Waals surface area contributed by atoms with Gasteiger partial charge < -0.3 is 5.32 Å². The molecule has 3 heteroatoms. The molecule has 3 nitrogen and oxygen atoms in total. The van der Waals surface area contributed by atoms with E-state index in [-0.39, 0.29) is 0 Å². The first-order valence-corrected chi connectivity index (χ1v) is 7.54. The van der Waals surface area contributed by atoms with Crippen molar-refractivity contribution in [2.75, 3.05) is 13.1 Å². The Balaban J connectivity index is 1.86. The maximum Gasteiger partial charge on any atom is 0.0662 e. The van der Waals surface area contributed by atoms with Gasteiger partial charge in [-0.2, -0.15) is 5.10 Å². The van der Waals surface area contributed by atoms with Crippen molar-refractivity contribution >= 4 is 0 Å². The number of piperidine rings is 1. The highest BCUT2D eigenvalue weighted by Crippen LogP contribution is 2.30. The van der Waals surface area contributed by atoms with Crippen LogP contribution in [0.5, 0.6) is 0 Å². The second-order valence-electron chi connectivity index (χ2n) is 5.75. The van der Waals surface area contributed by atoms with E-state index in [1.165, 1.54) is 35.4 Å². The summed E-state index contributed by atoms with van der Waals surface area (Å²) in [6.45, 7) is 7.52. The van der Waals surface area contributed by atoms with Crippen LogP contribution in [0.1, 0.15) is 41.3 Å². The fourth-order valence-corrected chi connectivity index (χ4v) is 3.32. The zero-order valence-corrected chi connectivity index (χ0v) is 12.4. The van der Waals surface area contributed by atoms with Gasteiger partial charge in [-0.05, 0) is 56.8 Å². The van der Waals surface area contributed by atoms with Gasteiger partial charge in [0, 0.05) is 5.69 Å². The van der Waals surface area contributed by atoms with Crippen LogP contribution in [0.2, 0.25) is 0 Å². The summed E-state index contributed by atoms with van der Waals surface area (Å²) in [6.07, 6.45) is 2.47.